The van der Waals surface area contributed by atoms with Gasteiger partial charge in [0, 0.05) is 18.8 Å². The van der Waals surface area contributed by atoms with Gasteiger partial charge >= 0.3 is 0 Å². The average molecular weight is 266 g/mol. The van der Waals surface area contributed by atoms with E-state index in [-0.39, 0.29) is 0 Å². The molecule has 1 saturated heterocycles. The fourth-order valence-corrected chi connectivity index (χ4v) is 2.82. The molecule has 0 saturated carbocycles. The number of benzene rings is 1. The largest absolute Gasteiger partial charge is 0.371 e. The highest BCUT2D eigenvalue weighted by atomic mass is 35.5. The molecule has 1 aliphatic rings. The van der Waals surface area contributed by atoms with Crippen molar-refractivity contribution < 1.29 is 4.79 Å². The summed E-state index contributed by atoms with van der Waals surface area (Å²) in [5, 5.41) is 0.543. The van der Waals surface area contributed by atoms with E-state index in [1.807, 2.05) is 12.1 Å². The van der Waals surface area contributed by atoms with Gasteiger partial charge in [-0.15, -0.1) is 0 Å². The summed E-state index contributed by atoms with van der Waals surface area (Å²) in [6, 6.07) is 5.67. The Kier molecular flexibility index (Phi) is 3.67. The molecular weight excluding hydrogens is 246 g/mol. The summed E-state index contributed by atoms with van der Waals surface area (Å²) in [6.07, 6.45) is 2.04. The minimum atomic E-state index is 0.314. The van der Waals surface area contributed by atoms with E-state index in [0.717, 1.165) is 25.1 Å². The third kappa shape index (κ3) is 2.54. The zero-order valence-electron chi connectivity index (χ0n) is 11.2. The van der Waals surface area contributed by atoms with Crippen LogP contribution in [0.4, 0.5) is 5.69 Å². The molecule has 0 N–H and O–H groups in total. The first kappa shape index (κ1) is 13.4. The van der Waals surface area contributed by atoms with Crippen LogP contribution in [0.1, 0.15) is 37.6 Å². The van der Waals surface area contributed by atoms with Crippen molar-refractivity contribution in [3.8, 4) is 0 Å². The van der Waals surface area contributed by atoms with Crippen molar-refractivity contribution in [3.63, 3.8) is 0 Å². The van der Waals surface area contributed by atoms with Crippen molar-refractivity contribution in [3.05, 3.63) is 28.8 Å². The van der Waals surface area contributed by atoms with Crippen LogP contribution in [0.2, 0.25) is 5.02 Å². The summed E-state index contributed by atoms with van der Waals surface area (Å²) in [6.45, 7) is 8.84. The van der Waals surface area contributed by atoms with E-state index in [1.54, 1.807) is 6.07 Å². The van der Waals surface area contributed by atoms with Crippen molar-refractivity contribution in [2.45, 2.75) is 27.2 Å². The predicted molar refractivity (Wildman–Crippen MR) is 76.6 cm³/mol. The molecular formula is C15H20ClNO. The molecule has 0 aliphatic carbocycles. The van der Waals surface area contributed by atoms with Gasteiger partial charge < -0.3 is 4.90 Å². The minimum Gasteiger partial charge on any atom is -0.371 e. The van der Waals surface area contributed by atoms with E-state index < -0.39 is 0 Å². The Labute approximate surface area is 114 Å². The summed E-state index contributed by atoms with van der Waals surface area (Å²) in [4.78, 5) is 13.5. The third-order valence-electron chi connectivity index (χ3n) is 3.90. The number of hydrogen-bond donors (Lipinski definition) is 0. The number of nitrogens with zero attached hydrogens (tertiary/aromatic N) is 1. The van der Waals surface area contributed by atoms with Gasteiger partial charge in [-0.3, -0.25) is 4.79 Å². The molecule has 0 amide bonds. The maximum Gasteiger partial charge on any atom is 0.153 e. The van der Waals surface area contributed by atoms with Crippen LogP contribution in [-0.4, -0.2) is 19.4 Å². The lowest BCUT2D eigenvalue weighted by Gasteiger charge is -2.28. The number of aldehydes is 1. The second-order valence-electron chi connectivity index (χ2n) is 6.09. The number of rotatable bonds is 2. The van der Waals surface area contributed by atoms with Gasteiger partial charge in [-0.1, -0.05) is 38.4 Å². The van der Waals surface area contributed by atoms with Crippen LogP contribution in [-0.2, 0) is 0 Å². The van der Waals surface area contributed by atoms with Crippen LogP contribution in [0.15, 0.2) is 18.2 Å². The van der Waals surface area contributed by atoms with Crippen LogP contribution in [0.25, 0.3) is 0 Å². The summed E-state index contributed by atoms with van der Waals surface area (Å²) in [5.74, 6) is 0.663. The topological polar surface area (TPSA) is 20.3 Å². The maximum atomic E-state index is 11.2. The molecule has 2 nitrogen and oxygen atoms in total. The van der Waals surface area contributed by atoms with E-state index in [0.29, 0.717) is 21.9 Å². The van der Waals surface area contributed by atoms with Gasteiger partial charge in [0.25, 0.3) is 0 Å². The third-order valence-corrected chi connectivity index (χ3v) is 4.23. The van der Waals surface area contributed by atoms with Crippen LogP contribution < -0.4 is 4.90 Å². The number of anilines is 1. The SMILES string of the molecule is CC(C)(C)C1CCN(c2cccc(Cl)c2C=O)C1. The first-order valence-corrected chi connectivity index (χ1v) is 6.80. The molecule has 18 heavy (non-hydrogen) atoms. The van der Waals surface area contributed by atoms with E-state index in [9.17, 15) is 4.79 Å². The molecule has 0 radical (unpaired) electrons. The van der Waals surface area contributed by atoms with E-state index in [1.165, 1.54) is 6.42 Å². The summed E-state index contributed by atoms with van der Waals surface area (Å²) < 4.78 is 0. The Hall–Kier alpha value is -1.02. The Morgan fingerprint density at radius 1 is 1.39 bits per heavy atom. The van der Waals surface area contributed by atoms with Crippen molar-refractivity contribution >= 4 is 23.6 Å². The molecule has 1 aliphatic heterocycles. The Balaban J connectivity index is 2.25. The molecule has 2 rings (SSSR count). The standard InChI is InChI=1S/C15H20ClNO/c1-15(2,3)11-7-8-17(9-11)14-6-4-5-13(16)12(14)10-18/h4-6,10-11H,7-9H2,1-3H3. The fourth-order valence-electron chi connectivity index (χ4n) is 2.60. The lowest BCUT2D eigenvalue weighted by atomic mass is 9.80. The van der Waals surface area contributed by atoms with Crippen LogP contribution >= 0.6 is 11.6 Å². The summed E-state index contributed by atoms with van der Waals surface area (Å²) in [7, 11) is 0. The first-order chi connectivity index (χ1) is 8.43. The van der Waals surface area contributed by atoms with Crippen LogP contribution in [0, 0.1) is 11.3 Å². The van der Waals surface area contributed by atoms with E-state index in [2.05, 4.69) is 25.7 Å². The second kappa shape index (κ2) is 4.93. The molecule has 1 aromatic rings. The molecule has 0 spiro atoms. The van der Waals surface area contributed by atoms with Gasteiger partial charge in [0.2, 0.25) is 0 Å². The fraction of sp³-hybridized carbons (Fsp3) is 0.533. The van der Waals surface area contributed by atoms with E-state index in [4.69, 9.17) is 11.6 Å². The average Bonchev–Trinajstić information content (AvgIpc) is 2.77. The van der Waals surface area contributed by atoms with Crippen LogP contribution in [0.3, 0.4) is 0 Å². The minimum absolute atomic E-state index is 0.314. The molecule has 1 atom stereocenters. The van der Waals surface area contributed by atoms with E-state index >= 15 is 0 Å². The quantitative estimate of drug-likeness (QED) is 0.753. The zero-order chi connectivity index (χ0) is 13.3. The Morgan fingerprint density at radius 2 is 2.11 bits per heavy atom. The summed E-state index contributed by atoms with van der Waals surface area (Å²) >= 11 is 6.08. The lowest BCUT2D eigenvalue weighted by Crippen LogP contribution is -2.26. The lowest BCUT2D eigenvalue weighted by molar-refractivity contribution is 0.112. The molecule has 1 unspecified atom stereocenters. The highest BCUT2D eigenvalue weighted by Crippen LogP contribution is 2.37. The van der Waals surface area contributed by atoms with Gasteiger partial charge in [0.05, 0.1) is 10.6 Å². The van der Waals surface area contributed by atoms with Crippen molar-refractivity contribution in [2.75, 3.05) is 18.0 Å². The van der Waals surface area contributed by atoms with Gasteiger partial charge in [0.15, 0.2) is 6.29 Å². The monoisotopic (exact) mass is 265 g/mol. The second-order valence-corrected chi connectivity index (χ2v) is 6.50. The normalized spacial score (nSPS) is 20.2. The van der Waals surface area contributed by atoms with Gasteiger partial charge in [-0.25, -0.2) is 0 Å². The predicted octanol–water partition coefficient (Wildman–Crippen LogP) is 4.02. The Bertz CT molecular complexity index is 450. The smallest absolute Gasteiger partial charge is 0.153 e. The molecule has 1 aromatic carbocycles. The van der Waals surface area contributed by atoms with Crippen molar-refractivity contribution in [1.82, 2.24) is 0 Å². The van der Waals surface area contributed by atoms with Gasteiger partial charge in [-0.2, -0.15) is 0 Å². The van der Waals surface area contributed by atoms with Gasteiger partial charge in [0.1, 0.15) is 0 Å². The van der Waals surface area contributed by atoms with Gasteiger partial charge in [-0.05, 0) is 29.9 Å². The molecule has 1 fully saturated rings. The Morgan fingerprint density at radius 3 is 2.67 bits per heavy atom. The molecule has 0 bridgehead atoms. The zero-order valence-corrected chi connectivity index (χ0v) is 12.0. The molecule has 1 heterocycles. The highest BCUT2D eigenvalue weighted by Gasteiger charge is 2.32. The number of halogens is 1. The number of hydrogen-bond acceptors (Lipinski definition) is 2. The molecule has 0 aromatic heterocycles. The van der Waals surface area contributed by atoms with Crippen molar-refractivity contribution in [1.29, 1.82) is 0 Å². The number of carbonyl (C=O) groups is 1. The van der Waals surface area contributed by atoms with Crippen LogP contribution in [0.5, 0.6) is 0 Å². The first-order valence-electron chi connectivity index (χ1n) is 6.42. The highest BCUT2D eigenvalue weighted by molar-refractivity contribution is 6.33. The molecule has 3 heteroatoms. The van der Waals surface area contributed by atoms with Crippen molar-refractivity contribution in [2.24, 2.45) is 11.3 Å². The molecule has 98 valence electrons. The summed E-state index contributed by atoms with van der Waals surface area (Å²) in [5.41, 5.74) is 1.91. The number of carbonyl (C=O) groups excluding carboxylic acids is 1. The maximum absolute atomic E-state index is 11.2.